The Labute approximate surface area is 160 Å². The largest absolute Gasteiger partial charge is 0.325 e. The minimum Gasteiger partial charge on any atom is -0.325 e. The van der Waals surface area contributed by atoms with Crippen molar-refractivity contribution >= 4 is 27.4 Å². The van der Waals surface area contributed by atoms with Crippen LogP contribution in [0.3, 0.4) is 0 Å². The van der Waals surface area contributed by atoms with Crippen molar-refractivity contribution in [3.63, 3.8) is 0 Å². The first kappa shape index (κ1) is 20.8. The van der Waals surface area contributed by atoms with Crippen LogP contribution in [-0.2, 0) is 20.2 Å². The van der Waals surface area contributed by atoms with Crippen LogP contribution in [0.4, 0.5) is 5.69 Å². The maximum absolute atomic E-state index is 12.3. The molecule has 0 radical (unpaired) electrons. The standard InChI is InChI=1S/C20H24N2O4S/c1-14(23)15-5-9-17(10-6-15)22-19(24)13-21-27(25,26)18-11-7-16(8-12-18)20(2,3)4/h5-12,21H,13H2,1-4H3,(H,22,24). The number of hydrogen-bond acceptors (Lipinski definition) is 4. The number of benzene rings is 2. The Balaban J connectivity index is 1.97. The van der Waals surface area contributed by atoms with Gasteiger partial charge in [0.05, 0.1) is 11.4 Å². The van der Waals surface area contributed by atoms with Gasteiger partial charge in [0, 0.05) is 11.3 Å². The Kier molecular flexibility index (Phi) is 6.18. The van der Waals surface area contributed by atoms with Crippen molar-refractivity contribution in [2.24, 2.45) is 0 Å². The van der Waals surface area contributed by atoms with Crippen LogP contribution in [0.2, 0.25) is 0 Å². The molecule has 0 saturated carbocycles. The number of sulfonamides is 1. The molecule has 0 bridgehead atoms. The van der Waals surface area contributed by atoms with Crippen LogP contribution < -0.4 is 10.0 Å². The van der Waals surface area contributed by atoms with E-state index in [1.807, 2.05) is 20.8 Å². The number of carbonyl (C=O) groups excluding carboxylic acids is 2. The van der Waals surface area contributed by atoms with E-state index in [-0.39, 0.29) is 16.1 Å². The molecule has 0 unspecified atom stereocenters. The molecule has 0 aliphatic rings. The predicted octanol–water partition coefficient (Wildman–Crippen LogP) is 3.10. The first-order valence-corrected chi connectivity index (χ1v) is 9.98. The number of ketones is 1. The highest BCUT2D eigenvalue weighted by Crippen LogP contribution is 2.23. The monoisotopic (exact) mass is 388 g/mol. The summed E-state index contributed by atoms with van der Waals surface area (Å²) in [6.45, 7) is 7.19. The van der Waals surface area contributed by atoms with E-state index in [1.54, 1.807) is 36.4 Å². The summed E-state index contributed by atoms with van der Waals surface area (Å²) < 4.78 is 27.0. The third-order valence-corrected chi connectivity index (χ3v) is 5.45. The van der Waals surface area contributed by atoms with Crippen molar-refractivity contribution in [1.82, 2.24) is 4.72 Å². The lowest BCUT2D eigenvalue weighted by Crippen LogP contribution is -2.33. The highest BCUT2D eigenvalue weighted by molar-refractivity contribution is 7.89. The second-order valence-corrected chi connectivity index (χ2v) is 9.05. The molecule has 1 amide bonds. The number of Topliss-reactive ketones (excluding diaryl/α,β-unsaturated/α-hetero) is 1. The van der Waals surface area contributed by atoms with E-state index in [0.717, 1.165) is 5.56 Å². The summed E-state index contributed by atoms with van der Waals surface area (Å²) in [6, 6.07) is 13.0. The molecule has 2 N–H and O–H groups in total. The van der Waals surface area contributed by atoms with Crippen LogP contribution in [0.25, 0.3) is 0 Å². The summed E-state index contributed by atoms with van der Waals surface area (Å²) in [6.07, 6.45) is 0. The quantitative estimate of drug-likeness (QED) is 0.744. The summed E-state index contributed by atoms with van der Waals surface area (Å²) >= 11 is 0. The van der Waals surface area contributed by atoms with Crippen LogP contribution in [0, 0.1) is 0 Å². The number of rotatable bonds is 6. The van der Waals surface area contributed by atoms with Gasteiger partial charge in [0.1, 0.15) is 0 Å². The van der Waals surface area contributed by atoms with E-state index in [0.29, 0.717) is 11.3 Å². The van der Waals surface area contributed by atoms with E-state index >= 15 is 0 Å². The van der Waals surface area contributed by atoms with E-state index in [1.165, 1.54) is 19.1 Å². The minimum absolute atomic E-state index is 0.0712. The van der Waals surface area contributed by atoms with Crippen molar-refractivity contribution in [3.05, 3.63) is 59.7 Å². The maximum Gasteiger partial charge on any atom is 0.241 e. The Bertz CT molecular complexity index is 925. The molecule has 6 nitrogen and oxygen atoms in total. The van der Waals surface area contributed by atoms with Gasteiger partial charge in [0.2, 0.25) is 15.9 Å². The van der Waals surface area contributed by atoms with Crippen molar-refractivity contribution in [1.29, 1.82) is 0 Å². The molecule has 0 aliphatic heterocycles. The van der Waals surface area contributed by atoms with Crippen molar-refractivity contribution in [2.45, 2.75) is 38.0 Å². The Morgan fingerprint density at radius 1 is 0.926 bits per heavy atom. The third-order valence-electron chi connectivity index (χ3n) is 4.03. The van der Waals surface area contributed by atoms with Crippen LogP contribution >= 0.6 is 0 Å². The Morgan fingerprint density at radius 3 is 1.96 bits per heavy atom. The van der Waals surface area contributed by atoms with Gasteiger partial charge in [-0.3, -0.25) is 9.59 Å². The summed E-state index contributed by atoms with van der Waals surface area (Å²) in [4.78, 5) is 23.3. The number of nitrogens with one attached hydrogen (secondary N) is 2. The molecule has 0 aromatic heterocycles. The third kappa shape index (κ3) is 5.74. The first-order chi connectivity index (χ1) is 12.5. The van der Waals surface area contributed by atoms with Gasteiger partial charge in [0.15, 0.2) is 5.78 Å². The molecule has 2 aromatic rings. The second kappa shape index (κ2) is 8.02. The Hall–Kier alpha value is -2.51. The normalized spacial score (nSPS) is 11.9. The molecule has 2 rings (SSSR count). The number of hydrogen-bond donors (Lipinski definition) is 2. The highest BCUT2D eigenvalue weighted by Gasteiger charge is 2.18. The zero-order chi connectivity index (χ0) is 20.2. The summed E-state index contributed by atoms with van der Waals surface area (Å²) in [5, 5.41) is 2.58. The summed E-state index contributed by atoms with van der Waals surface area (Å²) in [5.74, 6) is -0.571. The van der Waals surface area contributed by atoms with Gasteiger partial charge in [-0.1, -0.05) is 32.9 Å². The summed E-state index contributed by atoms with van der Waals surface area (Å²) in [5.41, 5.74) is 1.97. The molecule has 2 aromatic carbocycles. The second-order valence-electron chi connectivity index (χ2n) is 7.28. The highest BCUT2D eigenvalue weighted by atomic mass is 32.2. The van der Waals surface area contributed by atoms with Gasteiger partial charge in [-0.25, -0.2) is 13.1 Å². The first-order valence-electron chi connectivity index (χ1n) is 8.50. The molecular formula is C20H24N2O4S. The van der Waals surface area contributed by atoms with Gasteiger partial charge in [-0.05, 0) is 54.3 Å². The van der Waals surface area contributed by atoms with Crippen molar-refractivity contribution in [2.75, 3.05) is 11.9 Å². The van der Waals surface area contributed by atoms with E-state index in [9.17, 15) is 18.0 Å². The molecule has 0 atom stereocenters. The molecular weight excluding hydrogens is 364 g/mol. The van der Waals surface area contributed by atoms with E-state index in [4.69, 9.17) is 0 Å². The average molecular weight is 388 g/mol. The molecule has 0 saturated heterocycles. The van der Waals surface area contributed by atoms with Gasteiger partial charge >= 0.3 is 0 Å². The molecule has 0 heterocycles. The number of anilines is 1. The molecule has 7 heteroatoms. The molecule has 27 heavy (non-hydrogen) atoms. The molecule has 0 spiro atoms. The number of amides is 1. The predicted molar refractivity (Wildman–Crippen MR) is 105 cm³/mol. The van der Waals surface area contributed by atoms with Crippen LogP contribution in [0.1, 0.15) is 43.6 Å². The van der Waals surface area contributed by atoms with Crippen LogP contribution in [-0.4, -0.2) is 26.7 Å². The van der Waals surface area contributed by atoms with Gasteiger partial charge in [-0.15, -0.1) is 0 Å². The SMILES string of the molecule is CC(=O)c1ccc(NC(=O)CNS(=O)(=O)c2ccc(C(C)(C)C)cc2)cc1. The van der Waals surface area contributed by atoms with Gasteiger partial charge in [-0.2, -0.15) is 0 Å². The van der Waals surface area contributed by atoms with Crippen LogP contribution in [0.5, 0.6) is 0 Å². The maximum atomic E-state index is 12.3. The number of carbonyl (C=O) groups is 2. The smallest absolute Gasteiger partial charge is 0.241 e. The summed E-state index contributed by atoms with van der Waals surface area (Å²) in [7, 11) is -3.78. The van der Waals surface area contributed by atoms with Crippen molar-refractivity contribution < 1.29 is 18.0 Å². The Morgan fingerprint density at radius 2 is 1.48 bits per heavy atom. The van der Waals surface area contributed by atoms with E-state index < -0.39 is 22.5 Å². The van der Waals surface area contributed by atoms with Crippen molar-refractivity contribution in [3.8, 4) is 0 Å². The zero-order valence-electron chi connectivity index (χ0n) is 15.9. The lowest BCUT2D eigenvalue weighted by atomic mass is 9.87. The molecule has 0 fully saturated rings. The topological polar surface area (TPSA) is 92.3 Å². The fourth-order valence-electron chi connectivity index (χ4n) is 2.37. The average Bonchev–Trinajstić information content (AvgIpc) is 2.60. The zero-order valence-corrected chi connectivity index (χ0v) is 16.7. The fourth-order valence-corrected chi connectivity index (χ4v) is 3.35. The minimum atomic E-state index is -3.78. The molecule has 0 aliphatic carbocycles. The van der Waals surface area contributed by atoms with Crippen LogP contribution in [0.15, 0.2) is 53.4 Å². The van der Waals surface area contributed by atoms with Gasteiger partial charge in [0.25, 0.3) is 0 Å². The fraction of sp³-hybridized carbons (Fsp3) is 0.300. The molecule has 144 valence electrons. The lowest BCUT2D eigenvalue weighted by molar-refractivity contribution is -0.115. The van der Waals surface area contributed by atoms with E-state index in [2.05, 4.69) is 10.0 Å². The van der Waals surface area contributed by atoms with Gasteiger partial charge < -0.3 is 5.32 Å². The lowest BCUT2D eigenvalue weighted by Gasteiger charge is -2.19.